The summed E-state index contributed by atoms with van der Waals surface area (Å²) in [7, 11) is 0. The van der Waals surface area contributed by atoms with Crippen LogP contribution in [-0.2, 0) is 28.6 Å². The molecule has 0 bridgehead atoms. The van der Waals surface area contributed by atoms with Gasteiger partial charge in [0, 0.05) is 19.3 Å². The maximum Gasteiger partial charge on any atom is 0.306 e. The Labute approximate surface area is 422 Å². The molecule has 0 rings (SSSR count). The summed E-state index contributed by atoms with van der Waals surface area (Å²) in [6.45, 7) is 6.55. The molecule has 1 atom stereocenters. The van der Waals surface area contributed by atoms with E-state index in [0.717, 1.165) is 96.3 Å². The molecule has 0 aromatic carbocycles. The Kier molecular flexibility index (Phi) is 54.8. The van der Waals surface area contributed by atoms with Gasteiger partial charge in [-0.05, 0) is 57.8 Å². The van der Waals surface area contributed by atoms with Crippen LogP contribution in [0.3, 0.4) is 0 Å². The second-order valence-electron chi connectivity index (χ2n) is 19.9. The molecule has 0 fully saturated rings. The van der Waals surface area contributed by atoms with Crippen molar-refractivity contribution in [2.45, 2.75) is 316 Å². The van der Waals surface area contributed by atoms with E-state index in [-0.39, 0.29) is 31.1 Å². The quantitative estimate of drug-likeness (QED) is 0.0262. The monoisotopic (exact) mass is 953 g/mol. The van der Waals surface area contributed by atoms with Gasteiger partial charge in [-0.3, -0.25) is 14.4 Å². The molecule has 68 heavy (non-hydrogen) atoms. The van der Waals surface area contributed by atoms with Gasteiger partial charge in [-0.25, -0.2) is 0 Å². The summed E-state index contributed by atoms with van der Waals surface area (Å²) in [6, 6.07) is 0. The fourth-order valence-corrected chi connectivity index (χ4v) is 8.67. The number of hydrogen-bond donors (Lipinski definition) is 0. The fourth-order valence-electron chi connectivity index (χ4n) is 8.67. The van der Waals surface area contributed by atoms with Gasteiger partial charge < -0.3 is 14.2 Å². The van der Waals surface area contributed by atoms with Crippen LogP contribution in [0.15, 0.2) is 48.6 Å². The molecular formula is C62H112O6. The molecule has 0 spiro atoms. The molecule has 0 aromatic rings. The van der Waals surface area contributed by atoms with Crippen molar-refractivity contribution in [2.75, 3.05) is 13.2 Å². The molecule has 0 amide bonds. The minimum Gasteiger partial charge on any atom is -0.462 e. The Hall–Kier alpha value is -2.63. The van der Waals surface area contributed by atoms with Crippen molar-refractivity contribution >= 4 is 17.9 Å². The second kappa shape index (κ2) is 57.0. The first-order valence-electron chi connectivity index (χ1n) is 29.6. The molecule has 6 nitrogen and oxygen atoms in total. The van der Waals surface area contributed by atoms with Gasteiger partial charge >= 0.3 is 17.9 Å². The van der Waals surface area contributed by atoms with Crippen LogP contribution >= 0.6 is 0 Å². The smallest absolute Gasteiger partial charge is 0.306 e. The fraction of sp³-hybridized carbons (Fsp3) is 0.823. The van der Waals surface area contributed by atoms with Gasteiger partial charge in [0.05, 0.1) is 0 Å². The van der Waals surface area contributed by atoms with Crippen LogP contribution in [0.2, 0.25) is 0 Å². The van der Waals surface area contributed by atoms with E-state index in [0.29, 0.717) is 19.3 Å². The number of carbonyl (C=O) groups excluding carboxylic acids is 3. The van der Waals surface area contributed by atoms with Crippen molar-refractivity contribution in [3.8, 4) is 0 Å². The molecule has 0 radical (unpaired) electrons. The molecule has 0 heterocycles. The largest absolute Gasteiger partial charge is 0.462 e. The molecule has 0 aliphatic heterocycles. The van der Waals surface area contributed by atoms with E-state index >= 15 is 0 Å². The van der Waals surface area contributed by atoms with Crippen molar-refractivity contribution in [3.63, 3.8) is 0 Å². The topological polar surface area (TPSA) is 78.9 Å². The highest BCUT2D eigenvalue weighted by molar-refractivity contribution is 5.71. The third-order valence-electron chi connectivity index (χ3n) is 13.1. The van der Waals surface area contributed by atoms with Gasteiger partial charge in [0.25, 0.3) is 0 Å². The molecule has 0 aliphatic rings. The third-order valence-corrected chi connectivity index (χ3v) is 13.1. The Bertz CT molecular complexity index is 1190. The van der Waals surface area contributed by atoms with Crippen molar-refractivity contribution < 1.29 is 28.6 Å². The lowest BCUT2D eigenvalue weighted by Crippen LogP contribution is -2.30. The van der Waals surface area contributed by atoms with E-state index in [1.54, 1.807) is 0 Å². The van der Waals surface area contributed by atoms with Gasteiger partial charge in [0.1, 0.15) is 13.2 Å². The standard InChI is InChI=1S/C62H112O6/c1-4-7-10-13-16-19-22-25-28-30-32-34-37-40-43-46-49-52-55-61(64)67-58-59(57-66-60(63)54-51-48-45-42-39-36-33-27-24-21-18-15-12-9-6-3)68-62(65)56-53-50-47-44-41-38-35-31-29-26-23-20-17-14-11-8-5-2/h8,11,17,20,26,29,35,38,59H,4-7,9-10,12-16,18-19,21-25,27-28,30-34,36-37,39-58H2,1-3H3/b11-8-,20-17-,29-26-,38-35-. The van der Waals surface area contributed by atoms with E-state index in [1.165, 1.54) is 173 Å². The summed E-state index contributed by atoms with van der Waals surface area (Å²) in [4.78, 5) is 38.2. The normalized spacial score (nSPS) is 12.3. The van der Waals surface area contributed by atoms with E-state index in [2.05, 4.69) is 69.4 Å². The first kappa shape index (κ1) is 65.4. The second-order valence-corrected chi connectivity index (χ2v) is 19.9. The van der Waals surface area contributed by atoms with Gasteiger partial charge in [0.2, 0.25) is 0 Å². The molecule has 0 N–H and O–H groups in total. The van der Waals surface area contributed by atoms with Gasteiger partial charge in [-0.2, -0.15) is 0 Å². The van der Waals surface area contributed by atoms with Crippen LogP contribution in [0.4, 0.5) is 0 Å². The van der Waals surface area contributed by atoms with Crippen LogP contribution in [0.5, 0.6) is 0 Å². The molecule has 0 aliphatic carbocycles. The Balaban J connectivity index is 4.37. The summed E-state index contributed by atoms with van der Waals surface area (Å²) < 4.78 is 16.9. The van der Waals surface area contributed by atoms with Crippen LogP contribution < -0.4 is 0 Å². The lowest BCUT2D eigenvalue weighted by atomic mass is 10.0. The highest BCUT2D eigenvalue weighted by Gasteiger charge is 2.19. The number of carbonyl (C=O) groups is 3. The number of unbranched alkanes of at least 4 members (excludes halogenated alkanes) is 35. The average molecular weight is 954 g/mol. The van der Waals surface area contributed by atoms with Crippen LogP contribution in [-0.4, -0.2) is 37.2 Å². The Morgan fingerprint density at radius 3 is 0.897 bits per heavy atom. The minimum absolute atomic E-state index is 0.0786. The van der Waals surface area contributed by atoms with Crippen LogP contribution in [0.1, 0.15) is 310 Å². The predicted octanol–water partition coefficient (Wildman–Crippen LogP) is 19.8. The van der Waals surface area contributed by atoms with Crippen LogP contribution in [0.25, 0.3) is 0 Å². The molecule has 1 unspecified atom stereocenters. The zero-order valence-electron chi connectivity index (χ0n) is 45.4. The summed E-state index contributed by atoms with van der Waals surface area (Å²) in [6.07, 6.45) is 69.6. The first-order valence-corrected chi connectivity index (χ1v) is 29.6. The lowest BCUT2D eigenvalue weighted by molar-refractivity contribution is -0.167. The van der Waals surface area contributed by atoms with E-state index in [1.807, 2.05) is 0 Å². The SMILES string of the molecule is CC/C=C\C/C=C\C/C=C\C/C=C\CCCCCCC(=O)OC(COC(=O)CCCCCCCCCCCCCCCCC)COC(=O)CCCCCCCCCCCCCCCCCCCC. The van der Waals surface area contributed by atoms with Crippen molar-refractivity contribution in [3.05, 3.63) is 48.6 Å². The molecular weight excluding hydrogens is 841 g/mol. The molecule has 0 saturated carbocycles. The number of allylic oxidation sites excluding steroid dienone is 8. The number of esters is 3. The summed E-state index contributed by atoms with van der Waals surface area (Å²) in [5.74, 6) is -0.883. The maximum atomic E-state index is 12.9. The molecule has 6 heteroatoms. The van der Waals surface area contributed by atoms with Crippen molar-refractivity contribution in [1.82, 2.24) is 0 Å². The minimum atomic E-state index is -0.782. The lowest BCUT2D eigenvalue weighted by Gasteiger charge is -2.18. The molecule has 0 saturated heterocycles. The van der Waals surface area contributed by atoms with Gasteiger partial charge in [-0.1, -0.05) is 281 Å². The highest BCUT2D eigenvalue weighted by atomic mass is 16.6. The summed E-state index contributed by atoms with van der Waals surface area (Å²) >= 11 is 0. The van der Waals surface area contributed by atoms with E-state index < -0.39 is 6.10 Å². The Morgan fingerprint density at radius 1 is 0.309 bits per heavy atom. The zero-order chi connectivity index (χ0) is 49.3. The predicted molar refractivity (Wildman–Crippen MR) is 293 cm³/mol. The van der Waals surface area contributed by atoms with Crippen molar-refractivity contribution in [1.29, 1.82) is 0 Å². The van der Waals surface area contributed by atoms with Crippen LogP contribution in [0, 0.1) is 0 Å². The summed E-state index contributed by atoms with van der Waals surface area (Å²) in [5.41, 5.74) is 0. The zero-order valence-corrected chi connectivity index (χ0v) is 45.4. The highest BCUT2D eigenvalue weighted by Crippen LogP contribution is 2.17. The number of hydrogen-bond acceptors (Lipinski definition) is 6. The Morgan fingerprint density at radius 2 is 0.574 bits per heavy atom. The molecule has 0 aromatic heterocycles. The maximum absolute atomic E-state index is 12.9. The number of ether oxygens (including phenoxy) is 3. The number of rotatable bonds is 54. The molecule has 396 valence electrons. The van der Waals surface area contributed by atoms with E-state index in [4.69, 9.17) is 14.2 Å². The van der Waals surface area contributed by atoms with Gasteiger partial charge in [0.15, 0.2) is 6.10 Å². The van der Waals surface area contributed by atoms with Crippen molar-refractivity contribution in [2.24, 2.45) is 0 Å². The third kappa shape index (κ3) is 54.3. The van der Waals surface area contributed by atoms with E-state index in [9.17, 15) is 14.4 Å². The summed E-state index contributed by atoms with van der Waals surface area (Å²) in [5, 5.41) is 0. The van der Waals surface area contributed by atoms with Gasteiger partial charge in [-0.15, -0.1) is 0 Å². The average Bonchev–Trinajstić information content (AvgIpc) is 3.34. The first-order chi connectivity index (χ1) is 33.5.